The number of nitrogens with zero attached hydrogens (tertiary/aromatic N) is 4. The van der Waals surface area contributed by atoms with E-state index in [4.69, 9.17) is 5.26 Å². The summed E-state index contributed by atoms with van der Waals surface area (Å²) in [6, 6.07) is 4.27. The first-order valence-corrected chi connectivity index (χ1v) is 6.24. The number of rotatable bonds is 3. The predicted octanol–water partition coefficient (Wildman–Crippen LogP) is 2.24. The number of hydrogen-bond acceptors (Lipinski definition) is 5. The van der Waals surface area contributed by atoms with Crippen molar-refractivity contribution in [2.24, 2.45) is 5.18 Å². The molecule has 19 heavy (non-hydrogen) atoms. The van der Waals surface area contributed by atoms with E-state index in [0.29, 0.717) is 18.8 Å². The zero-order valence-electron chi connectivity index (χ0n) is 10.8. The summed E-state index contributed by atoms with van der Waals surface area (Å²) >= 11 is 0. The summed E-state index contributed by atoms with van der Waals surface area (Å²) in [7, 11) is 0. The van der Waals surface area contributed by atoms with Crippen LogP contribution < -0.4 is 4.90 Å². The molecule has 0 atom stereocenters. The quantitative estimate of drug-likeness (QED) is 0.784. The Bertz CT molecular complexity index is 518. The molecule has 0 radical (unpaired) electrons. The van der Waals surface area contributed by atoms with Crippen LogP contribution in [0.4, 0.5) is 15.8 Å². The maximum Gasteiger partial charge on any atom is 0.143 e. The van der Waals surface area contributed by atoms with Crippen LogP contribution in [0.1, 0.15) is 12.5 Å². The highest BCUT2D eigenvalue weighted by Crippen LogP contribution is 2.34. The number of nitroso groups, excluding NO2 is 1. The van der Waals surface area contributed by atoms with Crippen molar-refractivity contribution in [1.29, 1.82) is 5.26 Å². The maximum atomic E-state index is 13.7. The van der Waals surface area contributed by atoms with Crippen LogP contribution in [-0.2, 0) is 0 Å². The molecule has 2 rings (SSSR count). The van der Waals surface area contributed by atoms with Crippen LogP contribution in [-0.4, -0.2) is 37.6 Å². The van der Waals surface area contributed by atoms with Crippen LogP contribution in [0.2, 0.25) is 0 Å². The Kier molecular flexibility index (Phi) is 4.07. The molecule has 6 heteroatoms. The van der Waals surface area contributed by atoms with Gasteiger partial charge in [0.1, 0.15) is 23.1 Å². The number of benzene rings is 1. The Morgan fingerprint density at radius 3 is 2.58 bits per heavy atom. The van der Waals surface area contributed by atoms with Gasteiger partial charge in [-0.25, -0.2) is 4.39 Å². The zero-order chi connectivity index (χ0) is 13.8. The Morgan fingerprint density at radius 1 is 1.37 bits per heavy atom. The highest BCUT2D eigenvalue weighted by atomic mass is 19.1. The van der Waals surface area contributed by atoms with E-state index in [1.807, 2.05) is 11.0 Å². The lowest BCUT2D eigenvalue weighted by molar-refractivity contribution is 0.271. The van der Waals surface area contributed by atoms with Crippen LogP contribution in [0.3, 0.4) is 0 Å². The molecule has 0 aliphatic carbocycles. The molecular weight excluding hydrogens is 247 g/mol. The van der Waals surface area contributed by atoms with E-state index >= 15 is 0 Å². The van der Waals surface area contributed by atoms with Gasteiger partial charge < -0.3 is 9.80 Å². The third-order valence-electron chi connectivity index (χ3n) is 3.45. The van der Waals surface area contributed by atoms with Crippen molar-refractivity contribution in [2.45, 2.75) is 6.92 Å². The average molecular weight is 262 g/mol. The molecule has 0 saturated carbocycles. The van der Waals surface area contributed by atoms with Gasteiger partial charge in [-0.3, -0.25) is 0 Å². The maximum absolute atomic E-state index is 13.7. The zero-order valence-corrected chi connectivity index (χ0v) is 10.8. The summed E-state index contributed by atoms with van der Waals surface area (Å²) in [6.45, 7) is 6.02. The van der Waals surface area contributed by atoms with Crippen molar-refractivity contribution >= 4 is 11.4 Å². The molecule has 0 unspecified atom stereocenters. The van der Waals surface area contributed by atoms with Gasteiger partial charge in [-0.05, 0) is 23.9 Å². The Hall–Kier alpha value is -2.00. The first-order chi connectivity index (χ1) is 9.21. The van der Waals surface area contributed by atoms with Gasteiger partial charge in [0.25, 0.3) is 0 Å². The van der Waals surface area contributed by atoms with Gasteiger partial charge in [0.15, 0.2) is 0 Å². The molecule has 1 aromatic rings. The lowest BCUT2D eigenvalue weighted by Crippen LogP contribution is -2.46. The molecule has 5 nitrogen and oxygen atoms in total. The first-order valence-electron chi connectivity index (χ1n) is 6.24. The molecule has 0 aromatic heterocycles. The van der Waals surface area contributed by atoms with Crippen molar-refractivity contribution in [1.82, 2.24) is 4.90 Å². The van der Waals surface area contributed by atoms with Gasteiger partial charge in [-0.2, -0.15) is 5.26 Å². The first kappa shape index (κ1) is 13.4. The SMILES string of the molecule is CCN1CCN(c2c(N=O)ccc(F)c2C#N)CC1. The van der Waals surface area contributed by atoms with Crippen molar-refractivity contribution in [3.8, 4) is 6.07 Å². The summed E-state index contributed by atoms with van der Waals surface area (Å²) in [6.07, 6.45) is 0. The summed E-state index contributed by atoms with van der Waals surface area (Å²) in [5.74, 6) is -0.608. The second-order valence-corrected chi connectivity index (χ2v) is 4.41. The molecule has 100 valence electrons. The number of halogens is 1. The van der Waals surface area contributed by atoms with Gasteiger partial charge in [0.2, 0.25) is 0 Å². The van der Waals surface area contributed by atoms with Crippen LogP contribution in [0, 0.1) is 22.1 Å². The standard InChI is InChI=1S/C13H15FN4O/c1-2-17-5-7-18(8-6-17)13-10(9-15)11(14)3-4-12(13)16-19/h3-4H,2,5-8H2,1H3. The topological polar surface area (TPSA) is 59.7 Å². The van der Waals surface area contributed by atoms with E-state index in [1.54, 1.807) is 0 Å². The molecule has 1 aromatic carbocycles. The molecule has 1 aliphatic rings. The Morgan fingerprint density at radius 2 is 2.05 bits per heavy atom. The third kappa shape index (κ3) is 2.56. The lowest BCUT2D eigenvalue weighted by Gasteiger charge is -2.36. The van der Waals surface area contributed by atoms with E-state index in [1.165, 1.54) is 6.07 Å². The fraction of sp³-hybridized carbons (Fsp3) is 0.462. The highest BCUT2D eigenvalue weighted by Gasteiger charge is 2.23. The summed E-state index contributed by atoms with van der Waals surface area (Å²) < 4.78 is 13.7. The Balaban J connectivity index is 2.36. The van der Waals surface area contributed by atoms with Gasteiger partial charge in [-0.15, -0.1) is 4.91 Å². The predicted molar refractivity (Wildman–Crippen MR) is 70.9 cm³/mol. The van der Waals surface area contributed by atoms with E-state index in [2.05, 4.69) is 17.0 Å². The minimum absolute atomic E-state index is 0.0953. The van der Waals surface area contributed by atoms with Gasteiger partial charge in [0, 0.05) is 26.2 Å². The number of piperazine rings is 1. The fourth-order valence-electron chi connectivity index (χ4n) is 2.34. The van der Waals surface area contributed by atoms with Crippen molar-refractivity contribution < 1.29 is 4.39 Å². The van der Waals surface area contributed by atoms with E-state index < -0.39 is 5.82 Å². The molecular formula is C13H15FN4O. The van der Waals surface area contributed by atoms with Crippen molar-refractivity contribution in [3.63, 3.8) is 0 Å². The summed E-state index contributed by atoms with van der Waals surface area (Å²) in [5, 5.41) is 12.0. The van der Waals surface area contributed by atoms with E-state index in [0.717, 1.165) is 25.7 Å². The van der Waals surface area contributed by atoms with Crippen LogP contribution in [0.15, 0.2) is 17.3 Å². The Labute approximate surface area is 111 Å². The molecule has 0 bridgehead atoms. The minimum atomic E-state index is -0.608. The summed E-state index contributed by atoms with van der Waals surface area (Å²) in [5.41, 5.74) is 0.359. The van der Waals surface area contributed by atoms with E-state index in [9.17, 15) is 9.30 Å². The van der Waals surface area contributed by atoms with Crippen LogP contribution in [0.25, 0.3) is 0 Å². The van der Waals surface area contributed by atoms with Crippen LogP contribution >= 0.6 is 0 Å². The minimum Gasteiger partial charge on any atom is -0.366 e. The van der Waals surface area contributed by atoms with Crippen molar-refractivity contribution in [2.75, 3.05) is 37.6 Å². The number of nitriles is 1. The molecule has 0 amide bonds. The second-order valence-electron chi connectivity index (χ2n) is 4.41. The van der Waals surface area contributed by atoms with Gasteiger partial charge in [0.05, 0.1) is 5.69 Å². The molecule has 1 saturated heterocycles. The molecule has 0 N–H and O–H groups in total. The second kappa shape index (κ2) is 5.76. The summed E-state index contributed by atoms with van der Waals surface area (Å²) in [4.78, 5) is 15.0. The number of hydrogen-bond donors (Lipinski definition) is 0. The van der Waals surface area contributed by atoms with Gasteiger partial charge in [-0.1, -0.05) is 6.92 Å². The van der Waals surface area contributed by atoms with Crippen molar-refractivity contribution in [3.05, 3.63) is 28.4 Å². The highest BCUT2D eigenvalue weighted by molar-refractivity contribution is 5.74. The molecule has 1 aliphatic heterocycles. The van der Waals surface area contributed by atoms with E-state index in [-0.39, 0.29) is 11.3 Å². The monoisotopic (exact) mass is 262 g/mol. The largest absolute Gasteiger partial charge is 0.366 e. The normalized spacial score (nSPS) is 16.2. The van der Waals surface area contributed by atoms with Crippen LogP contribution in [0.5, 0.6) is 0 Å². The number of likely N-dealkylation sites (N-methyl/N-ethyl adjacent to an activating group) is 1. The number of anilines is 1. The molecule has 1 fully saturated rings. The smallest absolute Gasteiger partial charge is 0.143 e. The third-order valence-corrected chi connectivity index (χ3v) is 3.45. The average Bonchev–Trinajstić information content (AvgIpc) is 2.47. The lowest BCUT2D eigenvalue weighted by atomic mass is 10.1. The molecule has 1 heterocycles. The van der Waals surface area contributed by atoms with Gasteiger partial charge >= 0.3 is 0 Å². The molecule has 0 spiro atoms. The fourth-order valence-corrected chi connectivity index (χ4v) is 2.34.